The normalized spacial score (nSPS) is 18.8. The second-order valence-corrected chi connectivity index (χ2v) is 5.84. The average molecular weight is 280 g/mol. The summed E-state index contributed by atoms with van der Waals surface area (Å²) < 4.78 is 19.8. The summed E-state index contributed by atoms with van der Waals surface area (Å²) in [6, 6.07) is 5.87. The highest BCUT2D eigenvalue weighted by atomic mass is 19.1. The van der Waals surface area contributed by atoms with Crippen molar-refractivity contribution in [2.75, 3.05) is 25.1 Å². The first-order chi connectivity index (χ1) is 9.56. The van der Waals surface area contributed by atoms with E-state index >= 15 is 0 Å². The van der Waals surface area contributed by atoms with Gasteiger partial charge >= 0.3 is 0 Å². The van der Waals surface area contributed by atoms with Crippen LogP contribution in [0.5, 0.6) is 0 Å². The average Bonchev–Trinajstić information content (AvgIpc) is 2.89. The van der Waals surface area contributed by atoms with Gasteiger partial charge in [-0.05, 0) is 30.5 Å². The zero-order valence-corrected chi connectivity index (χ0v) is 12.7. The first-order valence-corrected chi connectivity index (χ1v) is 7.41. The molecule has 0 spiro atoms. The second-order valence-electron chi connectivity index (χ2n) is 5.84. The molecule has 0 radical (unpaired) electrons. The number of hydrogen-bond acceptors (Lipinski definition) is 3. The standard InChI is InChI=1S/C16H25FN2O/c1-12(2)18-10-13-6-7-16(15(17)9-13)19(3)11-14-5-4-8-20-14/h6-7,9,12,14,18H,4-5,8,10-11H2,1-3H3. The summed E-state index contributed by atoms with van der Waals surface area (Å²) >= 11 is 0. The van der Waals surface area contributed by atoms with Gasteiger partial charge in [-0.1, -0.05) is 19.9 Å². The summed E-state index contributed by atoms with van der Waals surface area (Å²) in [5, 5.41) is 3.30. The molecule has 112 valence electrons. The van der Waals surface area contributed by atoms with Crippen LogP contribution >= 0.6 is 0 Å². The maximum absolute atomic E-state index is 14.2. The van der Waals surface area contributed by atoms with Crippen molar-refractivity contribution >= 4 is 5.69 Å². The SMILES string of the molecule is CC(C)NCc1ccc(N(C)CC2CCCO2)c(F)c1. The number of hydrogen-bond donors (Lipinski definition) is 1. The van der Waals surface area contributed by atoms with Crippen molar-refractivity contribution in [2.24, 2.45) is 0 Å². The highest BCUT2D eigenvalue weighted by Crippen LogP contribution is 2.22. The molecule has 1 unspecified atom stereocenters. The van der Waals surface area contributed by atoms with Crippen LogP contribution in [0.15, 0.2) is 18.2 Å². The van der Waals surface area contributed by atoms with E-state index < -0.39 is 0 Å². The number of likely N-dealkylation sites (N-methyl/N-ethyl adjacent to an activating group) is 1. The Bertz CT molecular complexity index is 430. The Hall–Kier alpha value is -1.13. The van der Waals surface area contributed by atoms with Crippen LogP contribution < -0.4 is 10.2 Å². The van der Waals surface area contributed by atoms with Gasteiger partial charge < -0.3 is 15.0 Å². The summed E-state index contributed by atoms with van der Waals surface area (Å²) in [4.78, 5) is 1.95. The van der Waals surface area contributed by atoms with E-state index in [-0.39, 0.29) is 11.9 Å². The predicted molar refractivity (Wildman–Crippen MR) is 80.6 cm³/mol. The Morgan fingerprint density at radius 3 is 2.85 bits per heavy atom. The maximum Gasteiger partial charge on any atom is 0.146 e. The van der Waals surface area contributed by atoms with Gasteiger partial charge in [0.05, 0.1) is 11.8 Å². The number of benzene rings is 1. The van der Waals surface area contributed by atoms with Crippen LogP contribution in [0.25, 0.3) is 0 Å². The highest BCUT2D eigenvalue weighted by Gasteiger charge is 2.19. The van der Waals surface area contributed by atoms with Gasteiger partial charge in [0.2, 0.25) is 0 Å². The Balaban J connectivity index is 1.97. The molecule has 0 saturated carbocycles. The van der Waals surface area contributed by atoms with Crippen molar-refractivity contribution in [3.8, 4) is 0 Å². The largest absolute Gasteiger partial charge is 0.376 e. The van der Waals surface area contributed by atoms with Gasteiger partial charge in [0.1, 0.15) is 5.82 Å². The van der Waals surface area contributed by atoms with E-state index in [1.807, 2.05) is 24.1 Å². The second kappa shape index (κ2) is 7.04. The number of nitrogens with zero attached hydrogens (tertiary/aromatic N) is 1. The minimum atomic E-state index is -0.159. The fraction of sp³-hybridized carbons (Fsp3) is 0.625. The molecule has 0 aromatic heterocycles. The molecule has 1 aromatic carbocycles. The molecular formula is C16H25FN2O. The predicted octanol–water partition coefficient (Wildman–Crippen LogP) is 2.94. The van der Waals surface area contributed by atoms with Crippen LogP contribution in [0.4, 0.5) is 10.1 Å². The van der Waals surface area contributed by atoms with E-state index in [2.05, 4.69) is 19.2 Å². The third-order valence-electron chi connectivity index (χ3n) is 3.64. The molecule has 1 N–H and O–H groups in total. The zero-order valence-electron chi connectivity index (χ0n) is 12.7. The van der Waals surface area contributed by atoms with Crippen LogP contribution in [0, 0.1) is 5.82 Å². The number of nitrogens with one attached hydrogen (secondary N) is 1. The lowest BCUT2D eigenvalue weighted by Gasteiger charge is -2.23. The summed E-state index contributed by atoms with van der Waals surface area (Å²) in [6.07, 6.45) is 2.42. The minimum Gasteiger partial charge on any atom is -0.376 e. The lowest BCUT2D eigenvalue weighted by molar-refractivity contribution is 0.116. The molecule has 1 atom stereocenters. The molecule has 3 nitrogen and oxygen atoms in total. The molecule has 0 amide bonds. The third-order valence-corrected chi connectivity index (χ3v) is 3.64. The molecule has 20 heavy (non-hydrogen) atoms. The van der Waals surface area contributed by atoms with E-state index in [0.29, 0.717) is 18.3 Å². The van der Waals surface area contributed by atoms with Crippen molar-refractivity contribution in [3.63, 3.8) is 0 Å². The molecule has 1 fully saturated rings. The van der Waals surface area contributed by atoms with Crippen LogP contribution in [0.2, 0.25) is 0 Å². The first-order valence-electron chi connectivity index (χ1n) is 7.41. The van der Waals surface area contributed by atoms with Crippen molar-refractivity contribution in [1.29, 1.82) is 0 Å². The Kier molecular flexibility index (Phi) is 5.38. The summed E-state index contributed by atoms with van der Waals surface area (Å²) in [5.41, 5.74) is 1.62. The molecular weight excluding hydrogens is 255 g/mol. The molecule has 0 bridgehead atoms. The minimum absolute atomic E-state index is 0.159. The number of rotatable bonds is 6. The van der Waals surface area contributed by atoms with Crippen LogP contribution in [0.1, 0.15) is 32.3 Å². The Morgan fingerprint density at radius 2 is 2.25 bits per heavy atom. The van der Waals surface area contributed by atoms with Crippen LogP contribution in [-0.4, -0.2) is 32.3 Å². The Labute approximate surface area is 121 Å². The summed E-state index contributed by atoms with van der Waals surface area (Å²) in [7, 11) is 1.92. The molecule has 4 heteroatoms. The van der Waals surface area contributed by atoms with Gasteiger partial charge in [0.15, 0.2) is 0 Å². The van der Waals surface area contributed by atoms with Gasteiger partial charge in [0.25, 0.3) is 0 Å². The molecule has 1 aromatic rings. The molecule has 1 aliphatic rings. The van der Waals surface area contributed by atoms with Gasteiger partial charge in [-0.3, -0.25) is 0 Å². The molecule has 1 heterocycles. The number of ether oxygens (including phenoxy) is 1. The van der Waals surface area contributed by atoms with Gasteiger partial charge in [-0.25, -0.2) is 4.39 Å². The highest BCUT2D eigenvalue weighted by molar-refractivity contribution is 5.48. The van der Waals surface area contributed by atoms with E-state index in [4.69, 9.17) is 4.74 Å². The summed E-state index contributed by atoms with van der Waals surface area (Å²) in [6.45, 7) is 6.45. The maximum atomic E-state index is 14.2. The number of anilines is 1. The third kappa shape index (κ3) is 4.18. The monoisotopic (exact) mass is 280 g/mol. The van der Waals surface area contributed by atoms with E-state index in [1.165, 1.54) is 0 Å². The van der Waals surface area contributed by atoms with Crippen molar-refractivity contribution in [3.05, 3.63) is 29.6 Å². The summed E-state index contributed by atoms with van der Waals surface area (Å²) in [5.74, 6) is -0.159. The quantitative estimate of drug-likeness (QED) is 0.867. The fourth-order valence-corrected chi connectivity index (χ4v) is 2.48. The van der Waals surface area contributed by atoms with E-state index in [0.717, 1.165) is 31.6 Å². The number of halogens is 1. The lowest BCUT2D eigenvalue weighted by atomic mass is 10.1. The Morgan fingerprint density at radius 1 is 1.45 bits per heavy atom. The van der Waals surface area contributed by atoms with Crippen molar-refractivity contribution in [1.82, 2.24) is 5.32 Å². The fourth-order valence-electron chi connectivity index (χ4n) is 2.48. The van der Waals surface area contributed by atoms with E-state index in [9.17, 15) is 4.39 Å². The van der Waals surface area contributed by atoms with Gasteiger partial charge in [-0.15, -0.1) is 0 Å². The molecule has 0 aliphatic carbocycles. The van der Waals surface area contributed by atoms with Gasteiger partial charge in [-0.2, -0.15) is 0 Å². The molecule has 1 saturated heterocycles. The lowest BCUT2D eigenvalue weighted by Crippen LogP contribution is -2.29. The zero-order chi connectivity index (χ0) is 14.5. The smallest absolute Gasteiger partial charge is 0.146 e. The molecule has 2 rings (SSSR count). The van der Waals surface area contributed by atoms with E-state index in [1.54, 1.807) is 6.07 Å². The van der Waals surface area contributed by atoms with Crippen molar-refractivity contribution in [2.45, 2.75) is 45.4 Å². The topological polar surface area (TPSA) is 24.5 Å². The van der Waals surface area contributed by atoms with Crippen LogP contribution in [-0.2, 0) is 11.3 Å². The molecule has 1 aliphatic heterocycles. The first kappa shape index (κ1) is 15.3. The van der Waals surface area contributed by atoms with Crippen molar-refractivity contribution < 1.29 is 9.13 Å². The van der Waals surface area contributed by atoms with Gasteiger partial charge in [0, 0.05) is 32.8 Å². The van der Waals surface area contributed by atoms with Crippen LogP contribution in [0.3, 0.4) is 0 Å².